The highest BCUT2D eigenvalue weighted by atomic mass is 79.9. The molecule has 0 unspecified atom stereocenters. The molecule has 2 aromatic carbocycles. The first-order valence-corrected chi connectivity index (χ1v) is 11.6. The number of aryl methyl sites for hydroxylation is 2. The lowest BCUT2D eigenvalue weighted by Gasteiger charge is -2.11. The summed E-state index contributed by atoms with van der Waals surface area (Å²) in [7, 11) is 0. The highest BCUT2D eigenvalue weighted by Gasteiger charge is 2.37. The summed E-state index contributed by atoms with van der Waals surface area (Å²) in [5, 5.41) is 47.6. The monoisotopic (exact) mass is 590 g/mol. The Labute approximate surface area is 202 Å². The minimum absolute atomic E-state index is 0.0871. The van der Waals surface area contributed by atoms with Crippen molar-refractivity contribution in [2.75, 3.05) is 10.7 Å². The van der Waals surface area contributed by atoms with Gasteiger partial charge in [-0.15, -0.1) is 0 Å². The Bertz CT molecular complexity index is 1030. The van der Waals surface area contributed by atoms with Crippen LogP contribution in [0.25, 0.3) is 0 Å². The van der Waals surface area contributed by atoms with Crippen molar-refractivity contribution < 1.29 is 24.4 Å². The van der Waals surface area contributed by atoms with E-state index in [1.165, 1.54) is 12.1 Å². The van der Waals surface area contributed by atoms with Gasteiger partial charge < -0.3 is 4.74 Å². The lowest BCUT2D eigenvalue weighted by molar-refractivity contribution is -0.424. The van der Waals surface area contributed by atoms with E-state index in [0.29, 0.717) is 23.5 Å². The number of halogens is 2. The highest BCUT2D eigenvalue weighted by molar-refractivity contribution is 9.09. The van der Waals surface area contributed by atoms with E-state index in [2.05, 4.69) is 31.9 Å². The van der Waals surface area contributed by atoms with Crippen molar-refractivity contribution >= 4 is 54.6 Å². The second kappa shape index (κ2) is 11.6. The molecule has 0 aliphatic carbocycles. The molecule has 0 aliphatic heterocycles. The summed E-state index contributed by atoms with van der Waals surface area (Å²) in [4.78, 5) is 42.7. The van der Waals surface area contributed by atoms with Gasteiger partial charge in [-0.2, -0.15) is 0 Å². The molecule has 0 atom stereocenters. The number of nitro groups is 4. The van der Waals surface area contributed by atoms with Gasteiger partial charge in [0, 0.05) is 21.8 Å². The molecule has 0 heterocycles. The quantitative estimate of drug-likeness (QED) is 0.168. The standard InChI is InChI=1S/C18H16Br2N4O9/c19-9-1-3-11-5-7-13(17(23(29)30)15(11)21(25)26)33-14-8-6-12(4-2-10-20)16(22(27)28)18(14)24(31)32/h5-8H,1-4,9-10H2. The zero-order valence-electron chi connectivity index (χ0n) is 16.8. The molecule has 13 nitrogen and oxygen atoms in total. The predicted molar refractivity (Wildman–Crippen MR) is 124 cm³/mol. The van der Waals surface area contributed by atoms with E-state index >= 15 is 0 Å². The molecule has 2 rings (SSSR count). The Morgan fingerprint density at radius 2 is 0.939 bits per heavy atom. The molecule has 0 N–H and O–H groups in total. The van der Waals surface area contributed by atoms with E-state index in [0.717, 1.165) is 12.1 Å². The van der Waals surface area contributed by atoms with E-state index in [1.54, 1.807) is 0 Å². The Hall–Kier alpha value is -3.20. The summed E-state index contributed by atoms with van der Waals surface area (Å²) < 4.78 is 5.35. The number of alkyl halides is 2. The van der Waals surface area contributed by atoms with Gasteiger partial charge in [-0.05, 0) is 49.9 Å². The molecule has 0 spiro atoms. The molecular weight excluding hydrogens is 576 g/mol. The van der Waals surface area contributed by atoms with Crippen LogP contribution in [-0.2, 0) is 12.8 Å². The van der Waals surface area contributed by atoms with Gasteiger partial charge >= 0.3 is 22.7 Å². The molecule has 0 aromatic heterocycles. The van der Waals surface area contributed by atoms with Crippen LogP contribution in [0.3, 0.4) is 0 Å². The number of hydrogen-bond donors (Lipinski definition) is 0. The van der Waals surface area contributed by atoms with E-state index in [4.69, 9.17) is 4.74 Å². The maximum Gasteiger partial charge on any atom is 0.388 e. The maximum absolute atomic E-state index is 11.7. The van der Waals surface area contributed by atoms with Crippen LogP contribution in [0.5, 0.6) is 11.5 Å². The first-order valence-electron chi connectivity index (χ1n) is 9.33. The van der Waals surface area contributed by atoms with Crippen LogP contribution in [-0.4, -0.2) is 30.4 Å². The van der Waals surface area contributed by atoms with Crippen LogP contribution >= 0.6 is 31.9 Å². The van der Waals surface area contributed by atoms with E-state index in [9.17, 15) is 40.5 Å². The molecule has 0 saturated carbocycles. The van der Waals surface area contributed by atoms with Crippen molar-refractivity contribution in [2.45, 2.75) is 25.7 Å². The number of benzene rings is 2. The van der Waals surface area contributed by atoms with Gasteiger partial charge in [0.2, 0.25) is 11.5 Å². The van der Waals surface area contributed by atoms with E-state index in [-0.39, 0.29) is 24.0 Å². The smallest absolute Gasteiger partial charge is 0.388 e. The summed E-state index contributed by atoms with van der Waals surface area (Å²) in [6, 6.07) is 4.69. The molecule has 2 aromatic rings. The maximum atomic E-state index is 11.7. The van der Waals surface area contributed by atoms with Crippen molar-refractivity contribution in [3.8, 4) is 11.5 Å². The van der Waals surface area contributed by atoms with Crippen LogP contribution in [0, 0.1) is 40.5 Å². The van der Waals surface area contributed by atoms with Crippen molar-refractivity contribution in [1.82, 2.24) is 0 Å². The SMILES string of the molecule is O=[N+]([O-])c1c(CCCBr)ccc(Oc2ccc(CCCBr)c([N+](=O)[O-])c2[N+](=O)[O-])c1[N+](=O)[O-]. The fourth-order valence-electron chi connectivity index (χ4n) is 3.17. The van der Waals surface area contributed by atoms with Crippen molar-refractivity contribution in [1.29, 1.82) is 0 Å². The molecule has 0 saturated heterocycles. The Balaban J connectivity index is 2.71. The van der Waals surface area contributed by atoms with Gasteiger partial charge in [0.05, 0.1) is 19.7 Å². The average molecular weight is 592 g/mol. The van der Waals surface area contributed by atoms with Gasteiger partial charge in [0.1, 0.15) is 0 Å². The van der Waals surface area contributed by atoms with Crippen LogP contribution in [0.1, 0.15) is 24.0 Å². The molecule has 0 radical (unpaired) electrons. The molecule has 15 heteroatoms. The summed E-state index contributed by atoms with van der Waals surface area (Å²) in [6.45, 7) is 0. The van der Waals surface area contributed by atoms with Gasteiger partial charge in [-0.3, -0.25) is 40.5 Å². The second-order valence-electron chi connectivity index (χ2n) is 6.56. The number of ether oxygens (including phenoxy) is 1. The van der Waals surface area contributed by atoms with Crippen molar-refractivity contribution in [3.05, 3.63) is 75.8 Å². The Morgan fingerprint density at radius 1 is 0.606 bits per heavy atom. The lowest BCUT2D eigenvalue weighted by Crippen LogP contribution is -2.06. The first-order chi connectivity index (χ1) is 15.6. The fraction of sp³-hybridized carbons (Fsp3) is 0.333. The van der Waals surface area contributed by atoms with Gasteiger partial charge in [-0.25, -0.2) is 0 Å². The number of nitrogens with zero attached hydrogens (tertiary/aromatic N) is 4. The largest absolute Gasteiger partial charge is 0.442 e. The van der Waals surface area contributed by atoms with Crippen LogP contribution in [0.4, 0.5) is 22.7 Å². The third kappa shape index (κ3) is 5.98. The molecule has 176 valence electrons. The third-order valence-corrected chi connectivity index (χ3v) is 5.63. The number of hydrogen-bond acceptors (Lipinski definition) is 9. The summed E-state index contributed by atoms with van der Waals surface area (Å²) in [6.07, 6.45) is 1.25. The number of nitro benzene ring substituents is 4. The predicted octanol–water partition coefficient (Wildman–Crippen LogP) is 5.77. The highest BCUT2D eigenvalue weighted by Crippen LogP contribution is 2.46. The van der Waals surface area contributed by atoms with Crippen LogP contribution in [0.2, 0.25) is 0 Å². The summed E-state index contributed by atoms with van der Waals surface area (Å²) in [5.41, 5.74) is -3.41. The van der Waals surface area contributed by atoms with Crippen LogP contribution < -0.4 is 4.74 Å². The van der Waals surface area contributed by atoms with Crippen molar-refractivity contribution in [2.24, 2.45) is 0 Å². The van der Waals surface area contributed by atoms with E-state index < -0.39 is 53.9 Å². The van der Waals surface area contributed by atoms with E-state index in [1.807, 2.05) is 0 Å². The topological polar surface area (TPSA) is 182 Å². The third-order valence-electron chi connectivity index (χ3n) is 4.51. The molecule has 0 amide bonds. The Morgan fingerprint density at radius 3 is 1.21 bits per heavy atom. The Kier molecular flexibility index (Phi) is 9.16. The molecule has 0 aliphatic rings. The summed E-state index contributed by atoms with van der Waals surface area (Å²) >= 11 is 6.37. The lowest BCUT2D eigenvalue weighted by atomic mass is 10.1. The minimum Gasteiger partial charge on any atom is -0.442 e. The van der Waals surface area contributed by atoms with Gasteiger partial charge in [-0.1, -0.05) is 31.9 Å². The van der Waals surface area contributed by atoms with Gasteiger partial charge in [0.15, 0.2) is 0 Å². The van der Waals surface area contributed by atoms with Crippen LogP contribution in [0.15, 0.2) is 24.3 Å². The molecular formula is C18H16Br2N4O9. The normalized spacial score (nSPS) is 10.6. The minimum atomic E-state index is -1.02. The average Bonchev–Trinajstić information content (AvgIpc) is 2.75. The zero-order chi connectivity index (χ0) is 24.7. The first kappa shape index (κ1) is 26.1. The second-order valence-corrected chi connectivity index (χ2v) is 8.14. The van der Waals surface area contributed by atoms with Crippen molar-refractivity contribution in [3.63, 3.8) is 0 Å². The van der Waals surface area contributed by atoms with Gasteiger partial charge in [0.25, 0.3) is 0 Å². The molecule has 33 heavy (non-hydrogen) atoms. The molecule has 0 bridgehead atoms. The zero-order valence-corrected chi connectivity index (χ0v) is 19.9. The summed E-state index contributed by atoms with van der Waals surface area (Å²) in [5.74, 6) is -1.28. The fourth-order valence-corrected chi connectivity index (χ4v) is 3.73. The number of rotatable bonds is 12. The molecule has 0 fully saturated rings.